The van der Waals surface area contributed by atoms with Crippen molar-refractivity contribution in [3.05, 3.63) is 17.5 Å². The number of nitrogens with zero attached hydrogens (tertiary/aromatic N) is 2. The number of rotatable bonds is 1. The van der Waals surface area contributed by atoms with Crippen molar-refractivity contribution in [1.82, 2.24) is 15.1 Å². The van der Waals surface area contributed by atoms with E-state index >= 15 is 0 Å². The number of fused-ring (bicyclic) bond motifs is 1. The molecule has 2 heterocycles. The van der Waals surface area contributed by atoms with Crippen molar-refractivity contribution < 1.29 is 14.7 Å². The molecule has 15 heavy (non-hydrogen) atoms. The van der Waals surface area contributed by atoms with Crippen molar-refractivity contribution in [2.24, 2.45) is 0 Å². The Balaban J connectivity index is 2.43. The van der Waals surface area contributed by atoms with E-state index in [9.17, 15) is 9.59 Å². The van der Waals surface area contributed by atoms with Gasteiger partial charge in [0.05, 0.1) is 11.9 Å². The fraction of sp³-hybridized carbons (Fsp3) is 0.444. The molecule has 0 saturated carbocycles. The number of amides is 1. The number of H-pyrrole nitrogens is 1. The minimum atomic E-state index is -1.03. The van der Waals surface area contributed by atoms with Crippen LogP contribution in [-0.2, 0) is 16.0 Å². The molecule has 2 N–H and O–H groups in total. The predicted molar refractivity (Wildman–Crippen MR) is 50.1 cm³/mol. The number of aliphatic carboxylic acids is 1. The molecular formula is C9H11N3O3. The lowest BCUT2D eigenvalue weighted by atomic mass is 10.0. The monoisotopic (exact) mass is 209 g/mol. The van der Waals surface area contributed by atoms with E-state index in [4.69, 9.17) is 5.11 Å². The summed E-state index contributed by atoms with van der Waals surface area (Å²) >= 11 is 0. The van der Waals surface area contributed by atoms with E-state index < -0.39 is 12.0 Å². The van der Waals surface area contributed by atoms with Crippen LogP contribution in [0.2, 0.25) is 0 Å². The molecule has 1 atom stereocenters. The molecule has 1 amide bonds. The maximum Gasteiger partial charge on any atom is 0.332 e. The van der Waals surface area contributed by atoms with Crippen LogP contribution in [0.5, 0.6) is 0 Å². The molecule has 6 heteroatoms. The highest BCUT2D eigenvalue weighted by Crippen LogP contribution is 2.27. The third kappa shape index (κ3) is 1.47. The maximum absolute atomic E-state index is 11.3. The lowest BCUT2D eigenvalue weighted by Gasteiger charge is -2.31. The van der Waals surface area contributed by atoms with Crippen LogP contribution in [0.15, 0.2) is 6.20 Å². The topological polar surface area (TPSA) is 86.3 Å². The predicted octanol–water partition coefficient (Wildman–Crippen LogP) is -0.0600. The first-order valence-electron chi connectivity index (χ1n) is 4.63. The number of carboxylic acid groups (broad SMARTS) is 1. The van der Waals surface area contributed by atoms with Gasteiger partial charge in [0.25, 0.3) is 0 Å². The van der Waals surface area contributed by atoms with Gasteiger partial charge in [0, 0.05) is 13.5 Å². The summed E-state index contributed by atoms with van der Waals surface area (Å²) in [6, 6.07) is -0.922. The van der Waals surface area contributed by atoms with Crippen molar-refractivity contribution >= 4 is 11.9 Å². The zero-order chi connectivity index (χ0) is 11.0. The van der Waals surface area contributed by atoms with E-state index in [1.165, 1.54) is 11.8 Å². The quantitative estimate of drug-likeness (QED) is 0.678. The summed E-state index contributed by atoms with van der Waals surface area (Å²) in [7, 11) is 0. The Morgan fingerprint density at radius 3 is 3.00 bits per heavy atom. The van der Waals surface area contributed by atoms with Gasteiger partial charge < -0.3 is 10.0 Å². The number of hydrogen-bond donors (Lipinski definition) is 2. The molecule has 0 radical (unpaired) electrons. The molecule has 2 rings (SSSR count). The summed E-state index contributed by atoms with van der Waals surface area (Å²) in [5.74, 6) is -1.27. The van der Waals surface area contributed by atoms with Gasteiger partial charge in [-0.2, -0.15) is 5.10 Å². The molecule has 80 valence electrons. The second kappa shape index (κ2) is 3.38. The molecule has 0 spiro atoms. The normalized spacial score (nSPS) is 19.8. The second-order valence-electron chi connectivity index (χ2n) is 3.51. The summed E-state index contributed by atoms with van der Waals surface area (Å²) in [5, 5.41) is 15.5. The third-order valence-corrected chi connectivity index (χ3v) is 2.60. The smallest absolute Gasteiger partial charge is 0.332 e. The third-order valence-electron chi connectivity index (χ3n) is 2.60. The summed E-state index contributed by atoms with van der Waals surface area (Å²) < 4.78 is 0. The van der Waals surface area contributed by atoms with Gasteiger partial charge in [-0.15, -0.1) is 0 Å². The highest BCUT2D eigenvalue weighted by molar-refractivity contribution is 5.83. The Bertz CT molecular complexity index is 412. The van der Waals surface area contributed by atoms with Gasteiger partial charge in [-0.3, -0.25) is 9.89 Å². The lowest BCUT2D eigenvalue weighted by molar-refractivity contribution is -0.150. The number of aromatic nitrogens is 2. The summed E-state index contributed by atoms with van der Waals surface area (Å²) in [6.45, 7) is 1.80. The molecule has 0 bridgehead atoms. The second-order valence-corrected chi connectivity index (χ2v) is 3.51. The SMILES string of the molecule is CC(=O)N1CCc2cn[nH]c2C1C(=O)O. The van der Waals surface area contributed by atoms with Crippen molar-refractivity contribution in [2.45, 2.75) is 19.4 Å². The van der Waals surface area contributed by atoms with Crippen LogP contribution in [0.1, 0.15) is 24.2 Å². The average molecular weight is 209 g/mol. The number of aromatic amines is 1. The van der Waals surface area contributed by atoms with Gasteiger partial charge in [-0.1, -0.05) is 0 Å². The molecule has 1 aliphatic heterocycles. The van der Waals surface area contributed by atoms with Crippen molar-refractivity contribution in [1.29, 1.82) is 0 Å². The maximum atomic E-state index is 11.3. The van der Waals surface area contributed by atoms with Gasteiger partial charge in [0.1, 0.15) is 0 Å². The average Bonchev–Trinajstić information content (AvgIpc) is 2.62. The summed E-state index contributed by atoms with van der Waals surface area (Å²) in [6.07, 6.45) is 2.26. The first-order valence-corrected chi connectivity index (χ1v) is 4.63. The zero-order valence-electron chi connectivity index (χ0n) is 8.23. The fourth-order valence-corrected chi connectivity index (χ4v) is 1.88. The minimum absolute atomic E-state index is 0.234. The van der Waals surface area contributed by atoms with Crippen LogP contribution in [0.25, 0.3) is 0 Å². The van der Waals surface area contributed by atoms with Gasteiger partial charge in [-0.25, -0.2) is 4.79 Å². The Morgan fingerprint density at radius 2 is 2.40 bits per heavy atom. The van der Waals surface area contributed by atoms with E-state index in [0.717, 1.165) is 5.56 Å². The van der Waals surface area contributed by atoms with E-state index in [2.05, 4.69) is 10.2 Å². The number of hydrogen-bond acceptors (Lipinski definition) is 3. The first-order chi connectivity index (χ1) is 7.11. The van der Waals surface area contributed by atoms with Crippen LogP contribution in [0.4, 0.5) is 0 Å². The first kappa shape index (κ1) is 9.70. The minimum Gasteiger partial charge on any atom is -0.479 e. The van der Waals surface area contributed by atoms with Gasteiger partial charge in [0.2, 0.25) is 5.91 Å². The Kier molecular flexibility index (Phi) is 2.18. The Labute approximate surface area is 85.9 Å². The molecule has 1 aliphatic rings. The zero-order valence-corrected chi connectivity index (χ0v) is 8.23. The molecule has 0 aromatic carbocycles. The molecule has 0 fully saturated rings. The van der Waals surface area contributed by atoms with E-state index in [1.807, 2.05) is 0 Å². The van der Waals surface area contributed by atoms with Crippen LogP contribution >= 0.6 is 0 Å². The molecule has 6 nitrogen and oxygen atoms in total. The standard InChI is InChI=1S/C9H11N3O3/c1-5(13)12-3-2-6-4-10-11-7(6)8(12)9(14)15/h4,8H,2-3H2,1H3,(H,10,11)(H,14,15). The van der Waals surface area contributed by atoms with Gasteiger partial charge in [0.15, 0.2) is 6.04 Å². The van der Waals surface area contributed by atoms with E-state index in [-0.39, 0.29) is 5.91 Å². The molecular weight excluding hydrogens is 198 g/mol. The summed E-state index contributed by atoms with van der Waals surface area (Å²) in [5.41, 5.74) is 1.39. The van der Waals surface area contributed by atoms with Crippen molar-refractivity contribution in [2.75, 3.05) is 6.54 Å². The Hall–Kier alpha value is -1.85. The molecule has 1 aromatic rings. The van der Waals surface area contributed by atoms with Crippen molar-refractivity contribution in [3.63, 3.8) is 0 Å². The molecule has 0 saturated heterocycles. The highest BCUT2D eigenvalue weighted by Gasteiger charge is 2.35. The van der Waals surface area contributed by atoms with Crippen LogP contribution < -0.4 is 0 Å². The van der Waals surface area contributed by atoms with Crippen LogP contribution in [0, 0.1) is 0 Å². The van der Waals surface area contributed by atoms with Crippen molar-refractivity contribution in [3.8, 4) is 0 Å². The van der Waals surface area contributed by atoms with Gasteiger partial charge >= 0.3 is 5.97 Å². The Morgan fingerprint density at radius 1 is 1.67 bits per heavy atom. The van der Waals surface area contributed by atoms with Crippen LogP contribution in [-0.4, -0.2) is 38.6 Å². The number of carbonyl (C=O) groups is 2. The molecule has 1 unspecified atom stereocenters. The fourth-order valence-electron chi connectivity index (χ4n) is 1.88. The number of carboxylic acids is 1. The van der Waals surface area contributed by atoms with E-state index in [1.54, 1.807) is 6.20 Å². The van der Waals surface area contributed by atoms with Crippen LogP contribution in [0.3, 0.4) is 0 Å². The largest absolute Gasteiger partial charge is 0.479 e. The number of carbonyl (C=O) groups excluding carboxylic acids is 1. The summed E-state index contributed by atoms with van der Waals surface area (Å²) in [4.78, 5) is 23.7. The molecule has 0 aliphatic carbocycles. The molecule has 1 aromatic heterocycles. The lowest BCUT2D eigenvalue weighted by Crippen LogP contribution is -2.42. The highest BCUT2D eigenvalue weighted by atomic mass is 16.4. The number of nitrogens with one attached hydrogen (secondary N) is 1. The van der Waals surface area contributed by atoms with E-state index in [0.29, 0.717) is 18.7 Å². The van der Waals surface area contributed by atoms with Gasteiger partial charge in [-0.05, 0) is 12.0 Å².